The quantitative estimate of drug-likeness (QED) is 0.547. The fourth-order valence-electron chi connectivity index (χ4n) is 3.96. The summed E-state index contributed by atoms with van der Waals surface area (Å²) in [6.07, 6.45) is 2.24. The minimum Gasteiger partial charge on any atom is -0.435 e. The van der Waals surface area contributed by atoms with Gasteiger partial charge in [-0.15, -0.1) is 0 Å². The van der Waals surface area contributed by atoms with Crippen molar-refractivity contribution in [3.63, 3.8) is 0 Å². The maximum absolute atomic E-state index is 12.7. The number of piperazine rings is 1. The van der Waals surface area contributed by atoms with Crippen LogP contribution in [0.2, 0.25) is 0 Å². The maximum Gasteiger partial charge on any atom is 0.387 e. The van der Waals surface area contributed by atoms with Crippen LogP contribution in [0, 0.1) is 0 Å². The van der Waals surface area contributed by atoms with Crippen LogP contribution in [-0.2, 0) is 22.6 Å². The molecule has 9 heteroatoms. The Morgan fingerprint density at radius 3 is 2.48 bits per heavy atom. The lowest BCUT2D eigenvalue weighted by atomic mass is 10.1. The van der Waals surface area contributed by atoms with Gasteiger partial charge in [0.25, 0.3) is 0 Å². The number of aromatic amines is 1. The van der Waals surface area contributed by atoms with Crippen LogP contribution in [0.3, 0.4) is 0 Å². The van der Waals surface area contributed by atoms with Gasteiger partial charge in [-0.1, -0.05) is 30.3 Å². The average Bonchev–Trinajstić information content (AvgIpc) is 3.21. The molecule has 1 fully saturated rings. The van der Waals surface area contributed by atoms with Crippen LogP contribution in [0.25, 0.3) is 10.9 Å². The molecule has 0 saturated carbocycles. The van der Waals surface area contributed by atoms with Gasteiger partial charge in [-0.05, 0) is 29.3 Å². The van der Waals surface area contributed by atoms with E-state index in [-0.39, 0.29) is 24.1 Å². The SMILES string of the molecule is O=C(CN1CCN(C(=O)Cc2c[nH]c3ccccc23)CC1)NCc1ccc(OC(F)F)cc1. The van der Waals surface area contributed by atoms with Gasteiger partial charge in [-0.25, -0.2) is 0 Å². The number of nitrogens with zero attached hydrogens (tertiary/aromatic N) is 2. The molecule has 0 radical (unpaired) electrons. The highest BCUT2D eigenvalue weighted by Crippen LogP contribution is 2.19. The predicted molar refractivity (Wildman–Crippen MR) is 120 cm³/mol. The lowest BCUT2D eigenvalue weighted by Gasteiger charge is -2.34. The molecule has 3 aromatic rings. The predicted octanol–water partition coefficient (Wildman–Crippen LogP) is 2.77. The van der Waals surface area contributed by atoms with E-state index in [1.165, 1.54) is 12.1 Å². The largest absolute Gasteiger partial charge is 0.435 e. The highest BCUT2D eigenvalue weighted by atomic mass is 19.3. The van der Waals surface area contributed by atoms with E-state index in [0.29, 0.717) is 39.1 Å². The summed E-state index contributed by atoms with van der Waals surface area (Å²) in [6, 6.07) is 14.1. The van der Waals surface area contributed by atoms with Crippen molar-refractivity contribution < 1.29 is 23.1 Å². The number of benzene rings is 2. The molecule has 0 unspecified atom stereocenters. The fourth-order valence-corrected chi connectivity index (χ4v) is 3.96. The molecular formula is C24H26F2N4O3. The number of carbonyl (C=O) groups excluding carboxylic acids is 2. The van der Waals surface area contributed by atoms with E-state index >= 15 is 0 Å². The number of hydrogen-bond acceptors (Lipinski definition) is 4. The number of carbonyl (C=O) groups is 2. The molecule has 1 saturated heterocycles. The van der Waals surface area contributed by atoms with Gasteiger partial charge in [0, 0.05) is 49.8 Å². The van der Waals surface area contributed by atoms with Crippen molar-refractivity contribution in [3.05, 3.63) is 65.9 Å². The molecule has 1 aliphatic rings. The minimum atomic E-state index is -2.86. The molecule has 33 heavy (non-hydrogen) atoms. The number of nitrogens with one attached hydrogen (secondary N) is 2. The lowest BCUT2D eigenvalue weighted by molar-refractivity contribution is -0.132. The summed E-state index contributed by atoms with van der Waals surface area (Å²) in [5.41, 5.74) is 2.80. The number of para-hydroxylation sites is 1. The van der Waals surface area contributed by atoms with Crippen molar-refractivity contribution in [2.45, 2.75) is 19.6 Å². The zero-order chi connectivity index (χ0) is 23.2. The number of amides is 2. The molecule has 0 bridgehead atoms. The first kappa shape index (κ1) is 22.7. The number of hydrogen-bond donors (Lipinski definition) is 2. The molecular weight excluding hydrogens is 430 g/mol. The summed E-state index contributed by atoms with van der Waals surface area (Å²) in [5.74, 6) is 0.0433. The summed E-state index contributed by atoms with van der Waals surface area (Å²) in [4.78, 5) is 32.1. The van der Waals surface area contributed by atoms with Gasteiger partial charge in [-0.3, -0.25) is 14.5 Å². The molecule has 1 aliphatic heterocycles. The average molecular weight is 456 g/mol. The highest BCUT2D eigenvalue weighted by molar-refractivity contribution is 5.89. The number of rotatable bonds is 8. The van der Waals surface area contributed by atoms with Crippen LogP contribution < -0.4 is 10.1 Å². The molecule has 4 rings (SSSR count). The lowest BCUT2D eigenvalue weighted by Crippen LogP contribution is -2.51. The van der Waals surface area contributed by atoms with Crippen LogP contribution in [0.1, 0.15) is 11.1 Å². The Kier molecular flexibility index (Phi) is 7.19. The monoisotopic (exact) mass is 456 g/mol. The van der Waals surface area contributed by atoms with Crippen molar-refractivity contribution in [1.82, 2.24) is 20.1 Å². The highest BCUT2D eigenvalue weighted by Gasteiger charge is 2.23. The van der Waals surface area contributed by atoms with E-state index in [1.54, 1.807) is 12.1 Å². The Morgan fingerprint density at radius 1 is 1.03 bits per heavy atom. The second-order valence-corrected chi connectivity index (χ2v) is 7.99. The smallest absolute Gasteiger partial charge is 0.387 e. The third-order valence-corrected chi connectivity index (χ3v) is 5.75. The number of H-pyrrole nitrogens is 1. The first-order valence-corrected chi connectivity index (χ1v) is 10.8. The number of fused-ring (bicyclic) bond motifs is 1. The number of aromatic nitrogens is 1. The maximum atomic E-state index is 12.7. The van der Waals surface area contributed by atoms with E-state index < -0.39 is 6.61 Å². The van der Waals surface area contributed by atoms with Gasteiger partial charge in [0.15, 0.2) is 0 Å². The Morgan fingerprint density at radius 2 is 1.76 bits per heavy atom. The molecule has 2 N–H and O–H groups in total. The van der Waals surface area contributed by atoms with Gasteiger partial charge >= 0.3 is 6.61 Å². The molecule has 2 heterocycles. The molecule has 2 amide bonds. The molecule has 2 aromatic carbocycles. The van der Waals surface area contributed by atoms with Gasteiger partial charge in [-0.2, -0.15) is 8.78 Å². The van der Waals surface area contributed by atoms with E-state index in [4.69, 9.17) is 0 Å². The molecule has 7 nitrogen and oxygen atoms in total. The number of alkyl halides is 2. The standard InChI is InChI=1S/C24H26F2N4O3/c25-24(26)33-19-7-5-17(6-8-19)14-28-22(31)16-29-9-11-30(12-10-29)23(32)13-18-15-27-21-4-2-1-3-20(18)21/h1-8,15,24,27H,9-14,16H2,(H,28,31). The fraction of sp³-hybridized carbons (Fsp3) is 0.333. The van der Waals surface area contributed by atoms with E-state index in [2.05, 4.69) is 15.0 Å². The molecule has 174 valence electrons. The molecule has 1 aromatic heterocycles. The van der Waals surface area contributed by atoms with Crippen molar-refractivity contribution in [2.75, 3.05) is 32.7 Å². The zero-order valence-corrected chi connectivity index (χ0v) is 18.1. The number of ether oxygens (including phenoxy) is 1. The second kappa shape index (κ2) is 10.4. The molecule has 0 spiro atoms. The van der Waals surface area contributed by atoms with Crippen molar-refractivity contribution in [3.8, 4) is 5.75 Å². The Labute approximate surface area is 190 Å². The van der Waals surface area contributed by atoms with Crippen LogP contribution >= 0.6 is 0 Å². The first-order chi connectivity index (χ1) is 16.0. The summed E-state index contributed by atoms with van der Waals surface area (Å²) >= 11 is 0. The third kappa shape index (κ3) is 6.07. The van der Waals surface area contributed by atoms with Crippen LogP contribution in [0.15, 0.2) is 54.7 Å². The van der Waals surface area contributed by atoms with E-state index in [9.17, 15) is 18.4 Å². The van der Waals surface area contributed by atoms with Crippen LogP contribution in [0.4, 0.5) is 8.78 Å². The van der Waals surface area contributed by atoms with Crippen LogP contribution in [0.5, 0.6) is 5.75 Å². The topological polar surface area (TPSA) is 77.7 Å². The summed E-state index contributed by atoms with van der Waals surface area (Å²) in [5, 5.41) is 3.90. The normalized spacial score (nSPS) is 14.6. The van der Waals surface area contributed by atoms with Crippen molar-refractivity contribution >= 4 is 22.7 Å². The minimum absolute atomic E-state index is 0.0807. The Bertz CT molecular complexity index is 1090. The van der Waals surface area contributed by atoms with Gasteiger partial charge < -0.3 is 19.9 Å². The molecule has 0 aliphatic carbocycles. The van der Waals surface area contributed by atoms with Gasteiger partial charge in [0.1, 0.15) is 5.75 Å². The second-order valence-electron chi connectivity index (χ2n) is 7.99. The first-order valence-electron chi connectivity index (χ1n) is 10.8. The van der Waals surface area contributed by atoms with Crippen molar-refractivity contribution in [2.24, 2.45) is 0 Å². The summed E-state index contributed by atoms with van der Waals surface area (Å²) in [7, 11) is 0. The van der Waals surface area contributed by atoms with E-state index in [1.807, 2.05) is 40.3 Å². The summed E-state index contributed by atoms with van der Waals surface area (Å²) < 4.78 is 28.7. The third-order valence-electron chi connectivity index (χ3n) is 5.75. The number of halogens is 2. The van der Waals surface area contributed by atoms with E-state index in [0.717, 1.165) is 22.0 Å². The van der Waals surface area contributed by atoms with Gasteiger partial charge in [0.05, 0.1) is 13.0 Å². The molecule has 0 atom stereocenters. The van der Waals surface area contributed by atoms with Crippen LogP contribution in [-0.4, -0.2) is 65.9 Å². The Balaban J connectivity index is 1.19. The Hall–Kier alpha value is -3.46. The van der Waals surface area contributed by atoms with Crippen molar-refractivity contribution in [1.29, 1.82) is 0 Å². The zero-order valence-electron chi connectivity index (χ0n) is 18.1. The summed E-state index contributed by atoms with van der Waals surface area (Å²) in [6.45, 7) is 0.118. The van der Waals surface area contributed by atoms with Gasteiger partial charge in [0.2, 0.25) is 11.8 Å².